The van der Waals surface area contributed by atoms with Gasteiger partial charge in [-0.2, -0.15) is 0 Å². The van der Waals surface area contributed by atoms with E-state index in [-0.39, 0.29) is 17.7 Å². The Morgan fingerprint density at radius 2 is 1.70 bits per heavy atom. The van der Waals surface area contributed by atoms with E-state index in [4.69, 9.17) is 0 Å². The van der Waals surface area contributed by atoms with E-state index < -0.39 is 23.8 Å². The Morgan fingerprint density at radius 3 is 2.26 bits per heavy atom. The van der Waals surface area contributed by atoms with E-state index in [0.717, 1.165) is 0 Å². The van der Waals surface area contributed by atoms with Crippen LogP contribution >= 0.6 is 0 Å². The van der Waals surface area contributed by atoms with Gasteiger partial charge in [0.2, 0.25) is 5.91 Å². The van der Waals surface area contributed by atoms with E-state index in [0.29, 0.717) is 17.7 Å². The van der Waals surface area contributed by atoms with E-state index in [1.807, 2.05) is 12.2 Å². The first-order valence-electron chi connectivity index (χ1n) is 7.39. The lowest BCUT2D eigenvalue weighted by Gasteiger charge is -2.27. The van der Waals surface area contributed by atoms with Crippen LogP contribution in [0.1, 0.15) is 16.8 Å². The van der Waals surface area contributed by atoms with E-state index >= 15 is 0 Å². The van der Waals surface area contributed by atoms with Crippen LogP contribution in [-0.4, -0.2) is 25.0 Å². The number of aliphatic carboxylic acids is 1. The number of amides is 1. The molecule has 6 nitrogen and oxygen atoms in total. The summed E-state index contributed by atoms with van der Waals surface area (Å²) in [5.41, 5.74) is 0.882. The number of fused-ring (bicyclic) bond motifs is 2. The second kappa shape index (κ2) is 5.87. The first-order valence-corrected chi connectivity index (χ1v) is 7.39. The van der Waals surface area contributed by atoms with Crippen LogP contribution in [0.15, 0.2) is 36.4 Å². The molecule has 0 unspecified atom stereocenters. The zero-order valence-corrected chi connectivity index (χ0v) is 12.5. The number of benzene rings is 1. The summed E-state index contributed by atoms with van der Waals surface area (Å²) in [5, 5.41) is 14.1. The summed E-state index contributed by atoms with van der Waals surface area (Å²) in [6.45, 7) is 0. The number of anilines is 1. The molecule has 120 valence electrons. The Labute approximate surface area is 133 Å². The predicted octanol–water partition coefficient (Wildman–Crippen LogP) is 0.600. The van der Waals surface area contributed by atoms with Gasteiger partial charge in [0, 0.05) is 17.6 Å². The van der Waals surface area contributed by atoms with Crippen LogP contribution in [0.5, 0.6) is 0 Å². The Kier molecular flexibility index (Phi) is 3.90. The van der Waals surface area contributed by atoms with Gasteiger partial charge in [0.25, 0.3) is 0 Å². The molecule has 1 N–H and O–H groups in total. The highest BCUT2D eigenvalue weighted by atomic mass is 16.5. The van der Waals surface area contributed by atoms with Crippen molar-refractivity contribution in [3.8, 4) is 0 Å². The van der Waals surface area contributed by atoms with Gasteiger partial charge < -0.3 is 20.0 Å². The van der Waals surface area contributed by atoms with Crippen molar-refractivity contribution in [1.29, 1.82) is 0 Å². The molecule has 1 fully saturated rings. The third-order valence-electron chi connectivity index (χ3n) is 4.61. The minimum Gasteiger partial charge on any atom is -0.550 e. The van der Waals surface area contributed by atoms with E-state index in [1.54, 1.807) is 24.3 Å². The fraction of sp³-hybridized carbons (Fsp3) is 0.353. The fourth-order valence-corrected chi connectivity index (χ4v) is 3.53. The summed E-state index contributed by atoms with van der Waals surface area (Å²) >= 11 is 0. The highest BCUT2D eigenvalue weighted by Gasteiger charge is 2.48. The molecule has 2 aliphatic carbocycles. The predicted molar refractivity (Wildman–Crippen MR) is 79.1 cm³/mol. The number of methoxy groups -OCH3 is 1. The van der Waals surface area contributed by atoms with Crippen molar-refractivity contribution in [2.24, 2.45) is 23.7 Å². The van der Waals surface area contributed by atoms with Gasteiger partial charge in [0.1, 0.15) is 0 Å². The normalized spacial score (nSPS) is 27.7. The lowest BCUT2D eigenvalue weighted by Crippen LogP contribution is -2.42. The Hall–Kier alpha value is -2.63. The number of rotatable bonds is 4. The van der Waals surface area contributed by atoms with Gasteiger partial charge in [-0.3, -0.25) is 4.79 Å². The average molecular weight is 314 g/mol. The second-order valence-electron chi connectivity index (χ2n) is 5.88. The molecule has 3 rings (SSSR count). The van der Waals surface area contributed by atoms with Crippen LogP contribution in [-0.2, 0) is 14.3 Å². The quantitative estimate of drug-likeness (QED) is 0.648. The fourth-order valence-electron chi connectivity index (χ4n) is 3.53. The standard InChI is InChI=1S/C17H17NO5/c1-23-17(22)9-4-6-12(7-5-9)18-15(19)13-10-2-3-11(8-10)14(13)16(20)21/h2-7,10-11,13-14H,8H2,1H3,(H,18,19)(H,20,21)/p-1/t10-,11+,13-,14+/m1/s1. The number of esters is 1. The molecule has 0 saturated heterocycles. The van der Waals surface area contributed by atoms with Gasteiger partial charge >= 0.3 is 5.97 Å². The molecule has 1 aromatic carbocycles. The number of hydrogen-bond acceptors (Lipinski definition) is 5. The third-order valence-corrected chi connectivity index (χ3v) is 4.61. The average Bonchev–Trinajstić information content (AvgIpc) is 3.15. The van der Waals surface area contributed by atoms with Gasteiger partial charge in [-0.15, -0.1) is 0 Å². The van der Waals surface area contributed by atoms with Crippen LogP contribution < -0.4 is 10.4 Å². The van der Waals surface area contributed by atoms with Crippen LogP contribution in [0.25, 0.3) is 0 Å². The Bertz CT molecular complexity index is 679. The molecule has 1 amide bonds. The summed E-state index contributed by atoms with van der Waals surface area (Å²) < 4.78 is 4.61. The van der Waals surface area contributed by atoms with Crippen molar-refractivity contribution >= 4 is 23.5 Å². The van der Waals surface area contributed by atoms with Crippen molar-refractivity contribution in [2.45, 2.75) is 6.42 Å². The van der Waals surface area contributed by atoms with Gasteiger partial charge in [-0.25, -0.2) is 4.79 Å². The molecule has 6 heteroatoms. The minimum atomic E-state index is -1.18. The summed E-state index contributed by atoms with van der Waals surface area (Å²) in [7, 11) is 1.29. The molecule has 2 aliphatic rings. The van der Waals surface area contributed by atoms with Crippen LogP contribution in [0.2, 0.25) is 0 Å². The topological polar surface area (TPSA) is 95.5 Å². The summed E-state index contributed by atoms with van der Waals surface area (Å²) in [5.74, 6) is -3.54. The molecular formula is C17H16NO5-. The smallest absolute Gasteiger partial charge is 0.337 e. The number of carboxylic acid groups (broad SMARTS) is 1. The van der Waals surface area contributed by atoms with Crippen molar-refractivity contribution in [3.63, 3.8) is 0 Å². The molecular weight excluding hydrogens is 298 g/mol. The number of carbonyl (C=O) groups is 3. The lowest BCUT2D eigenvalue weighted by atomic mass is 9.82. The van der Waals surface area contributed by atoms with Crippen molar-refractivity contribution in [1.82, 2.24) is 0 Å². The monoisotopic (exact) mass is 314 g/mol. The van der Waals surface area contributed by atoms with E-state index in [9.17, 15) is 19.5 Å². The molecule has 1 aromatic rings. The number of carboxylic acids is 1. The van der Waals surface area contributed by atoms with Gasteiger partial charge in [-0.1, -0.05) is 12.2 Å². The second-order valence-corrected chi connectivity index (χ2v) is 5.88. The van der Waals surface area contributed by atoms with Crippen molar-refractivity contribution in [3.05, 3.63) is 42.0 Å². The SMILES string of the molecule is COC(=O)c1ccc(NC(=O)[C@H]2[C@@H](C(=O)[O-])[C@H]3C=C[C@@H]2C3)cc1. The maximum absolute atomic E-state index is 12.5. The highest BCUT2D eigenvalue weighted by molar-refractivity contribution is 5.97. The molecule has 0 spiro atoms. The summed E-state index contributed by atoms with van der Waals surface area (Å²) in [6, 6.07) is 6.25. The summed E-state index contributed by atoms with van der Waals surface area (Å²) in [6.07, 6.45) is 4.45. The van der Waals surface area contributed by atoms with Crippen LogP contribution in [0.3, 0.4) is 0 Å². The molecule has 4 atom stereocenters. The molecule has 2 bridgehead atoms. The van der Waals surface area contributed by atoms with Crippen LogP contribution in [0, 0.1) is 23.7 Å². The molecule has 0 heterocycles. The first-order chi connectivity index (χ1) is 11.0. The first kappa shape index (κ1) is 15.3. The number of allylic oxidation sites excluding steroid dienone is 2. The Morgan fingerprint density at radius 1 is 1.09 bits per heavy atom. The molecule has 23 heavy (non-hydrogen) atoms. The maximum atomic E-state index is 12.5. The zero-order chi connectivity index (χ0) is 16.6. The van der Waals surface area contributed by atoms with E-state index in [2.05, 4.69) is 10.1 Å². The summed E-state index contributed by atoms with van der Waals surface area (Å²) in [4.78, 5) is 35.2. The minimum absolute atomic E-state index is 0.0581. The number of carbonyl (C=O) groups excluding carboxylic acids is 3. The van der Waals surface area contributed by atoms with Crippen LogP contribution in [0.4, 0.5) is 5.69 Å². The molecule has 0 radical (unpaired) electrons. The number of hydrogen-bond donors (Lipinski definition) is 1. The van der Waals surface area contributed by atoms with Crippen molar-refractivity contribution in [2.75, 3.05) is 12.4 Å². The molecule has 0 aromatic heterocycles. The highest BCUT2D eigenvalue weighted by Crippen LogP contribution is 2.48. The number of ether oxygens (including phenoxy) is 1. The Balaban J connectivity index is 1.73. The maximum Gasteiger partial charge on any atom is 0.337 e. The van der Waals surface area contributed by atoms with Gasteiger partial charge in [0.15, 0.2) is 0 Å². The largest absolute Gasteiger partial charge is 0.550 e. The molecule has 1 saturated carbocycles. The number of nitrogens with one attached hydrogen (secondary N) is 1. The zero-order valence-electron chi connectivity index (χ0n) is 12.5. The lowest BCUT2D eigenvalue weighted by molar-refractivity contribution is -0.313. The van der Waals surface area contributed by atoms with Gasteiger partial charge in [0.05, 0.1) is 18.6 Å². The third kappa shape index (κ3) is 2.72. The van der Waals surface area contributed by atoms with Gasteiger partial charge in [-0.05, 0) is 42.5 Å². The van der Waals surface area contributed by atoms with Crippen molar-refractivity contribution < 1.29 is 24.2 Å². The van der Waals surface area contributed by atoms with E-state index in [1.165, 1.54) is 7.11 Å². The molecule has 0 aliphatic heterocycles.